The average molecular weight is 223 g/mol. The lowest BCUT2D eigenvalue weighted by atomic mass is 9.99. The fourth-order valence-electron chi connectivity index (χ4n) is 1.97. The molecule has 0 unspecified atom stereocenters. The zero-order chi connectivity index (χ0) is 11.2. The van der Waals surface area contributed by atoms with Crippen molar-refractivity contribution in [3.63, 3.8) is 0 Å². The highest BCUT2D eigenvalue weighted by atomic mass is 19.1. The molecular formula is C13H18FNO. The van der Waals surface area contributed by atoms with E-state index in [9.17, 15) is 4.39 Å². The Labute approximate surface area is 95.8 Å². The van der Waals surface area contributed by atoms with Crippen LogP contribution in [0.25, 0.3) is 0 Å². The van der Waals surface area contributed by atoms with Gasteiger partial charge in [0.1, 0.15) is 5.82 Å². The Morgan fingerprint density at radius 3 is 2.56 bits per heavy atom. The molecule has 1 N–H and O–H groups in total. The molecule has 0 aliphatic carbocycles. The van der Waals surface area contributed by atoms with Crippen LogP contribution in [0.4, 0.5) is 4.39 Å². The number of rotatable bonds is 4. The van der Waals surface area contributed by atoms with Crippen LogP contribution >= 0.6 is 0 Å². The normalized spacial score (nSPS) is 17.6. The Morgan fingerprint density at radius 1 is 1.19 bits per heavy atom. The molecule has 1 aliphatic rings. The second-order valence-electron chi connectivity index (χ2n) is 4.33. The van der Waals surface area contributed by atoms with Crippen molar-refractivity contribution in [1.29, 1.82) is 0 Å². The van der Waals surface area contributed by atoms with Crippen LogP contribution in [-0.2, 0) is 11.3 Å². The quantitative estimate of drug-likeness (QED) is 0.846. The smallest absolute Gasteiger partial charge is 0.123 e. The molecule has 0 radical (unpaired) electrons. The third-order valence-electron chi connectivity index (χ3n) is 2.99. The van der Waals surface area contributed by atoms with Gasteiger partial charge in [0.2, 0.25) is 0 Å². The maximum absolute atomic E-state index is 12.7. The Kier molecular flexibility index (Phi) is 4.31. The number of piperidine rings is 1. The molecule has 1 aliphatic heterocycles. The van der Waals surface area contributed by atoms with Gasteiger partial charge in [-0.25, -0.2) is 4.39 Å². The lowest BCUT2D eigenvalue weighted by Gasteiger charge is -2.22. The molecule has 1 aromatic rings. The molecular weight excluding hydrogens is 205 g/mol. The maximum atomic E-state index is 12.7. The zero-order valence-corrected chi connectivity index (χ0v) is 9.42. The molecule has 16 heavy (non-hydrogen) atoms. The SMILES string of the molecule is Fc1ccc(COCC2CCNCC2)cc1. The molecule has 0 spiro atoms. The summed E-state index contributed by atoms with van der Waals surface area (Å²) in [6, 6.07) is 6.50. The molecule has 2 rings (SSSR count). The van der Waals surface area contributed by atoms with E-state index in [1.54, 1.807) is 12.1 Å². The molecule has 0 saturated carbocycles. The van der Waals surface area contributed by atoms with Gasteiger partial charge in [-0.05, 0) is 49.5 Å². The minimum Gasteiger partial charge on any atom is -0.376 e. The highest BCUT2D eigenvalue weighted by Crippen LogP contribution is 2.13. The third-order valence-corrected chi connectivity index (χ3v) is 2.99. The van der Waals surface area contributed by atoms with Gasteiger partial charge in [0.05, 0.1) is 6.61 Å². The predicted octanol–water partition coefficient (Wildman–Crippen LogP) is 2.34. The van der Waals surface area contributed by atoms with E-state index in [0.29, 0.717) is 12.5 Å². The van der Waals surface area contributed by atoms with Gasteiger partial charge in [-0.2, -0.15) is 0 Å². The molecule has 88 valence electrons. The van der Waals surface area contributed by atoms with E-state index in [-0.39, 0.29) is 5.82 Å². The van der Waals surface area contributed by atoms with E-state index < -0.39 is 0 Å². The van der Waals surface area contributed by atoms with Gasteiger partial charge in [-0.1, -0.05) is 12.1 Å². The number of halogens is 1. The van der Waals surface area contributed by atoms with Crippen LogP contribution in [0.15, 0.2) is 24.3 Å². The van der Waals surface area contributed by atoms with E-state index in [1.165, 1.54) is 25.0 Å². The van der Waals surface area contributed by atoms with Crippen LogP contribution in [0.5, 0.6) is 0 Å². The van der Waals surface area contributed by atoms with Gasteiger partial charge in [0, 0.05) is 6.61 Å². The maximum Gasteiger partial charge on any atom is 0.123 e. The van der Waals surface area contributed by atoms with Crippen molar-refractivity contribution >= 4 is 0 Å². The van der Waals surface area contributed by atoms with E-state index in [2.05, 4.69) is 5.32 Å². The lowest BCUT2D eigenvalue weighted by molar-refractivity contribution is 0.0763. The summed E-state index contributed by atoms with van der Waals surface area (Å²) in [7, 11) is 0. The van der Waals surface area contributed by atoms with Crippen LogP contribution in [-0.4, -0.2) is 19.7 Å². The van der Waals surface area contributed by atoms with Gasteiger partial charge in [-0.3, -0.25) is 0 Å². The molecule has 0 atom stereocenters. The van der Waals surface area contributed by atoms with E-state index in [4.69, 9.17) is 4.74 Å². The lowest BCUT2D eigenvalue weighted by Crippen LogP contribution is -2.29. The van der Waals surface area contributed by atoms with E-state index in [1.807, 2.05) is 0 Å². The monoisotopic (exact) mass is 223 g/mol. The van der Waals surface area contributed by atoms with Gasteiger partial charge in [-0.15, -0.1) is 0 Å². The minimum absolute atomic E-state index is 0.192. The number of hydrogen-bond acceptors (Lipinski definition) is 2. The van der Waals surface area contributed by atoms with Gasteiger partial charge < -0.3 is 10.1 Å². The molecule has 1 aromatic carbocycles. The van der Waals surface area contributed by atoms with Crippen LogP contribution in [0.1, 0.15) is 18.4 Å². The van der Waals surface area contributed by atoms with Crippen LogP contribution < -0.4 is 5.32 Å². The van der Waals surface area contributed by atoms with Crippen molar-refractivity contribution in [3.8, 4) is 0 Å². The summed E-state index contributed by atoms with van der Waals surface area (Å²) < 4.78 is 18.3. The van der Waals surface area contributed by atoms with Crippen molar-refractivity contribution in [2.45, 2.75) is 19.4 Å². The largest absolute Gasteiger partial charge is 0.376 e. The predicted molar refractivity (Wildman–Crippen MR) is 61.6 cm³/mol. The fourth-order valence-corrected chi connectivity index (χ4v) is 1.97. The minimum atomic E-state index is -0.192. The topological polar surface area (TPSA) is 21.3 Å². The van der Waals surface area contributed by atoms with Gasteiger partial charge >= 0.3 is 0 Å². The van der Waals surface area contributed by atoms with Crippen molar-refractivity contribution in [3.05, 3.63) is 35.6 Å². The van der Waals surface area contributed by atoms with Crippen molar-refractivity contribution < 1.29 is 9.13 Å². The second kappa shape index (κ2) is 5.97. The zero-order valence-electron chi connectivity index (χ0n) is 9.42. The Balaban J connectivity index is 1.69. The average Bonchev–Trinajstić information content (AvgIpc) is 2.33. The van der Waals surface area contributed by atoms with Crippen LogP contribution in [0, 0.1) is 11.7 Å². The highest BCUT2D eigenvalue weighted by Gasteiger charge is 2.12. The summed E-state index contributed by atoms with van der Waals surface area (Å²) >= 11 is 0. The molecule has 0 bridgehead atoms. The second-order valence-corrected chi connectivity index (χ2v) is 4.33. The fraction of sp³-hybridized carbons (Fsp3) is 0.538. The van der Waals surface area contributed by atoms with Crippen molar-refractivity contribution in [2.75, 3.05) is 19.7 Å². The molecule has 1 heterocycles. The highest BCUT2D eigenvalue weighted by molar-refractivity contribution is 5.14. The van der Waals surface area contributed by atoms with E-state index in [0.717, 1.165) is 25.3 Å². The van der Waals surface area contributed by atoms with Crippen molar-refractivity contribution in [2.24, 2.45) is 5.92 Å². The number of benzene rings is 1. The van der Waals surface area contributed by atoms with Gasteiger partial charge in [0.25, 0.3) is 0 Å². The van der Waals surface area contributed by atoms with E-state index >= 15 is 0 Å². The third kappa shape index (κ3) is 3.58. The molecule has 2 nitrogen and oxygen atoms in total. The molecule has 1 saturated heterocycles. The first kappa shape index (κ1) is 11.6. The van der Waals surface area contributed by atoms with Gasteiger partial charge in [0.15, 0.2) is 0 Å². The van der Waals surface area contributed by atoms with Crippen LogP contribution in [0.3, 0.4) is 0 Å². The summed E-state index contributed by atoms with van der Waals surface area (Å²) in [5.74, 6) is 0.490. The first-order valence-corrected chi connectivity index (χ1v) is 5.87. The number of nitrogens with one attached hydrogen (secondary N) is 1. The summed E-state index contributed by atoms with van der Waals surface area (Å²) in [5.41, 5.74) is 1.04. The summed E-state index contributed by atoms with van der Waals surface area (Å²) in [6.07, 6.45) is 2.40. The number of hydrogen-bond donors (Lipinski definition) is 1. The standard InChI is InChI=1S/C13H18FNO/c14-13-3-1-11(2-4-13)9-16-10-12-5-7-15-8-6-12/h1-4,12,15H,5-10H2. The molecule has 0 amide bonds. The van der Waals surface area contributed by atoms with Crippen molar-refractivity contribution in [1.82, 2.24) is 5.32 Å². The first-order valence-electron chi connectivity index (χ1n) is 5.87. The van der Waals surface area contributed by atoms with Crippen LogP contribution in [0.2, 0.25) is 0 Å². The molecule has 3 heteroatoms. The molecule has 1 fully saturated rings. The Morgan fingerprint density at radius 2 is 1.88 bits per heavy atom. The summed E-state index contributed by atoms with van der Waals surface area (Å²) in [4.78, 5) is 0. The summed E-state index contributed by atoms with van der Waals surface area (Å²) in [6.45, 7) is 3.61. The first-order chi connectivity index (χ1) is 7.84. The Hall–Kier alpha value is -0.930. The Bertz CT molecular complexity index is 306. The molecule has 0 aromatic heterocycles. The number of ether oxygens (including phenoxy) is 1. The summed E-state index contributed by atoms with van der Waals surface area (Å²) in [5, 5.41) is 3.33.